The summed E-state index contributed by atoms with van der Waals surface area (Å²) in [6.07, 6.45) is 0.932. The Morgan fingerprint density at radius 1 is 1.45 bits per heavy atom. The van der Waals surface area contributed by atoms with Crippen LogP contribution in [0.2, 0.25) is 0 Å². The number of rotatable bonds is 2. The summed E-state index contributed by atoms with van der Waals surface area (Å²) in [4.78, 5) is 21.7. The summed E-state index contributed by atoms with van der Waals surface area (Å²) in [5.74, 6) is 0.636. The van der Waals surface area contributed by atoms with Gasteiger partial charge in [-0.15, -0.1) is 0 Å². The molecule has 1 N–H and O–H groups in total. The van der Waals surface area contributed by atoms with Crippen molar-refractivity contribution in [1.29, 1.82) is 0 Å². The maximum absolute atomic E-state index is 12.1. The Balaban J connectivity index is 2.00. The second-order valence-electron chi connectivity index (χ2n) is 5.48. The first kappa shape index (κ1) is 13.1. The molecule has 0 spiro atoms. The summed E-state index contributed by atoms with van der Waals surface area (Å²) >= 11 is 0. The smallest absolute Gasteiger partial charge is 0.260 e. The molecule has 5 nitrogen and oxygen atoms in total. The van der Waals surface area contributed by atoms with Gasteiger partial charge < -0.3 is 9.64 Å². The van der Waals surface area contributed by atoms with Gasteiger partial charge in [0.25, 0.3) is 5.56 Å². The summed E-state index contributed by atoms with van der Waals surface area (Å²) in [6.45, 7) is 6.35. The van der Waals surface area contributed by atoms with Crippen LogP contribution in [-0.4, -0.2) is 35.3 Å². The molecule has 0 amide bonds. The summed E-state index contributed by atoms with van der Waals surface area (Å²) in [7, 11) is 0. The van der Waals surface area contributed by atoms with Crippen molar-refractivity contribution < 1.29 is 4.74 Å². The number of benzene rings is 1. The second kappa shape index (κ2) is 4.90. The first-order chi connectivity index (χ1) is 9.61. The standard InChI is InChI=1S/C15H19N3O2/c1-3-15(2)10-18(8-9-20-15)14-16-12-7-5-4-6-11(12)13(19)17-14/h4-7H,3,8-10H2,1-2H3,(H,16,17,19). The van der Waals surface area contributed by atoms with Crippen molar-refractivity contribution in [2.45, 2.75) is 25.9 Å². The van der Waals surface area contributed by atoms with Crippen molar-refractivity contribution in [2.75, 3.05) is 24.6 Å². The topological polar surface area (TPSA) is 58.2 Å². The summed E-state index contributed by atoms with van der Waals surface area (Å²) < 4.78 is 5.82. The van der Waals surface area contributed by atoms with Crippen LogP contribution in [-0.2, 0) is 4.74 Å². The van der Waals surface area contributed by atoms with Gasteiger partial charge >= 0.3 is 0 Å². The number of H-pyrrole nitrogens is 1. The molecule has 1 aromatic carbocycles. The third-order valence-corrected chi connectivity index (χ3v) is 3.98. The van der Waals surface area contributed by atoms with Gasteiger partial charge in [-0.3, -0.25) is 9.78 Å². The molecule has 0 aliphatic carbocycles. The largest absolute Gasteiger partial charge is 0.372 e. The number of ether oxygens (including phenoxy) is 1. The van der Waals surface area contributed by atoms with E-state index in [1.807, 2.05) is 18.2 Å². The van der Waals surface area contributed by atoms with Crippen LogP contribution in [0.4, 0.5) is 5.95 Å². The lowest BCUT2D eigenvalue weighted by Crippen LogP contribution is -2.50. The molecule has 20 heavy (non-hydrogen) atoms. The van der Waals surface area contributed by atoms with Crippen molar-refractivity contribution in [1.82, 2.24) is 9.97 Å². The molecule has 1 unspecified atom stereocenters. The Labute approximate surface area is 117 Å². The van der Waals surface area contributed by atoms with E-state index in [2.05, 4.69) is 28.7 Å². The van der Waals surface area contributed by atoms with E-state index in [1.165, 1.54) is 0 Å². The van der Waals surface area contributed by atoms with Crippen LogP contribution in [0.1, 0.15) is 20.3 Å². The first-order valence-electron chi connectivity index (χ1n) is 6.99. The molecule has 1 aliphatic heterocycles. The number of anilines is 1. The predicted octanol–water partition coefficient (Wildman–Crippen LogP) is 1.93. The van der Waals surface area contributed by atoms with Gasteiger partial charge in [-0.25, -0.2) is 4.98 Å². The molecule has 2 aromatic rings. The lowest BCUT2D eigenvalue weighted by molar-refractivity contribution is -0.0445. The van der Waals surface area contributed by atoms with Gasteiger partial charge in [0.1, 0.15) is 0 Å². The molecule has 106 valence electrons. The highest BCUT2D eigenvalue weighted by Gasteiger charge is 2.31. The van der Waals surface area contributed by atoms with Crippen LogP contribution in [0.25, 0.3) is 10.9 Å². The molecule has 1 fully saturated rings. The van der Waals surface area contributed by atoms with Crippen molar-refractivity contribution in [3.8, 4) is 0 Å². The fourth-order valence-electron chi connectivity index (χ4n) is 2.55. The number of aromatic amines is 1. The Hall–Kier alpha value is -1.88. The average Bonchev–Trinajstić information content (AvgIpc) is 2.47. The highest BCUT2D eigenvalue weighted by atomic mass is 16.5. The molecule has 1 aromatic heterocycles. The summed E-state index contributed by atoms with van der Waals surface area (Å²) in [6, 6.07) is 7.41. The van der Waals surface area contributed by atoms with Crippen molar-refractivity contribution in [3.63, 3.8) is 0 Å². The Morgan fingerprint density at radius 2 is 2.25 bits per heavy atom. The number of hydrogen-bond donors (Lipinski definition) is 1. The number of para-hydroxylation sites is 1. The zero-order valence-electron chi connectivity index (χ0n) is 11.8. The maximum Gasteiger partial charge on any atom is 0.260 e. The van der Waals surface area contributed by atoms with E-state index >= 15 is 0 Å². The quantitative estimate of drug-likeness (QED) is 0.908. The second-order valence-corrected chi connectivity index (χ2v) is 5.48. The van der Waals surface area contributed by atoms with Crippen LogP contribution in [0.5, 0.6) is 0 Å². The van der Waals surface area contributed by atoms with Crippen molar-refractivity contribution >= 4 is 16.9 Å². The monoisotopic (exact) mass is 273 g/mol. The Kier molecular flexibility index (Phi) is 3.22. The fourth-order valence-corrected chi connectivity index (χ4v) is 2.55. The van der Waals surface area contributed by atoms with E-state index < -0.39 is 0 Å². The Bertz CT molecular complexity index is 682. The van der Waals surface area contributed by atoms with E-state index in [1.54, 1.807) is 6.07 Å². The van der Waals surface area contributed by atoms with Gasteiger partial charge in [0.15, 0.2) is 0 Å². The highest BCUT2D eigenvalue weighted by molar-refractivity contribution is 5.78. The zero-order valence-corrected chi connectivity index (χ0v) is 11.8. The molecule has 3 rings (SSSR count). The fraction of sp³-hybridized carbons (Fsp3) is 0.467. The van der Waals surface area contributed by atoms with E-state index in [4.69, 9.17) is 4.74 Å². The summed E-state index contributed by atoms with van der Waals surface area (Å²) in [5.41, 5.74) is 0.467. The first-order valence-corrected chi connectivity index (χ1v) is 6.99. The molecule has 0 radical (unpaired) electrons. The van der Waals surface area contributed by atoms with Crippen LogP contribution in [0.3, 0.4) is 0 Å². The van der Waals surface area contributed by atoms with E-state index in [9.17, 15) is 4.79 Å². The average molecular weight is 273 g/mol. The minimum atomic E-state index is -0.178. The lowest BCUT2D eigenvalue weighted by Gasteiger charge is -2.40. The predicted molar refractivity (Wildman–Crippen MR) is 79.2 cm³/mol. The van der Waals surface area contributed by atoms with Crippen LogP contribution in [0.15, 0.2) is 29.1 Å². The number of aromatic nitrogens is 2. The third-order valence-electron chi connectivity index (χ3n) is 3.98. The Morgan fingerprint density at radius 3 is 3.05 bits per heavy atom. The number of morpholine rings is 1. The van der Waals surface area contributed by atoms with Gasteiger partial charge in [0.05, 0.1) is 23.1 Å². The third kappa shape index (κ3) is 2.29. The highest BCUT2D eigenvalue weighted by Crippen LogP contribution is 2.23. The molecule has 2 heterocycles. The number of fused-ring (bicyclic) bond motifs is 1. The van der Waals surface area contributed by atoms with E-state index in [0.717, 1.165) is 25.0 Å². The molecule has 0 bridgehead atoms. The molecular weight excluding hydrogens is 254 g/mol. The molecule has 1 aliphatic rings. The van der Waals surface area contributed by atoms with Crippen molar-refractivity contribution in [3.05, 3.63) is 34.6 Å². The van der Waals surface area contributed by atoms with Crippen LogP contribution in [0, 0.1) is 0 Å². The lowest BCUT2D eigenvalue weighted by atomic mass is 10.0. The van der Waals surface area contributed by atoms with Gasteiger partial charge in [0, 0.05) is 13.1 Å². The van der Waals surface area contributed by atoms with E-state index in [0.29, 0.717) is 17.9 Å². The maximum atomic E-state index is 12.1. The zero-order chi connectivity index (χ0) is 14.2. The van der Waals surface area contributed by atoms with Gasteiger partial charge in [-0.05, 0) is 25.5 Å². The minimum Gasteiger partial charge on any atom is -0.372 e. The summed E-state index contributed by atoms with van der Waals surface area (Å²) in [5, 5.41) is 0.628. The van der Waals surface area contributed by atoms with Crippen molar-refractivity contribution in [2.24, 2.45) is 0 Å². The minimum absolute atomic E-state index is 0.0877. The molecule has 1 atom stereocenters. The SMILES string of the molecule is CCC1(C)CN(c2nc3ccccc3c(=O)[nH]2)CCO1. The van der Waals surface area contributed by atoms with Gasteiger partial charge in [-0.1, -0.05) is 19.1 Å². The van der Waals surface area contributed by atoms with Gasteiger partial charge in [0.2, 0.25) is 5.95 Å². The van der Waals surface area contributed by atoms with E-state index in [-0.39, 0.29) is 11.2 Å². The number of nitrogens with zero attached hydrogens (tertiary/aromatic N) is 2. The van der Waals surface area contributed by atoms with Crippen LogP contribution < -0.4 is 10.5 Å². The van der Waals surface area contributed by atoms with Gasteiger partial charge in [-0.2, -0.15) is 0 Å². The number of nitrogens with one attached hydrogen (secondary N) is 1. The number of hydrogen-bond acceptors (Lipinski definition) is 4. The molecule has 0 saturated carbocycles. The molecular formula is C15H19N3O2. The normalized spacial score (nSPS) is 23.2. The molecule has 1 saturated heterocycles. The van der Waals surface area contributed by atoms with Crippen LogP contribution >= 0.6 is 0 Å². The molecule has 5 heteroatoms.